The maximum Gasteiger partial charge on any atom is 0.167 e. The highest BCUT2D eigenvalue weighted by Gasteiger charge is 2.53. The van der Waals surface area contributed by atoms with Crippen LogP contribution in [0.3, 0.4) is 0 Å². The van der Waals surface area contributed by atoms with Crippen molar-refractivity contribution in [2.45, 2.75) is 45.1 Å². The summed E-state index contributed by atoms with van der Waals surface area (Å²) in [5.74, 6) is 3.78. The Morgan fingerprint density at radius 3 is 2.86 bits per heavy atom. The molecule has 0 heterocycles. The van der Waals surface area contributed by atoms with Crippen molar-refractivity contribution in [2.24, 2.45) is 23.7 Å². The molecular formula is C18H24FNO. The third-order valence-corrected chi connectivity index (χ3v) is 6.01. The molecule has 3 aliphatic carbocycles. The standard InChI is InChI=1S/C18H24FNO/c1-2-21-18-7-6-12(10-16(18)19)20-17-9-11-8-15(17)14-5-3-4-13(11)14/h6-7,10-11,13-15,17,20H,2-5,8-9H2,1H3. The largest absolute Gasteiger partial charge is 0.491 e. The molecule has 3 heteroatoms. The number of fused-ring (bicyclic) bond motifs is 5. The van der Waals surface area contributed by atoms with Gasteiger partial charge in [0.1, 0.15) is 0 Å². The Bertz CT molecular complexity index is 532. The Morgan fingerprint density at radius 1 is 1.19 bits per heavy atom. The highest BCUT2D eigenvalue weighted by Crippen LogP contribution is 2.59. The number of halogens is 1. The number of hydrogen-bond acceptors (Lipinski definition) is 2. The summed E-state index contributed by atoms with van der Waals surface area (Å²) in [6.07, 6.45) is 6.97. The topological polar surface area (TPSA) is 21.3 Å². The van der Waals surface area contributed by atoms with Gasteiger partial charge < -0.3 is 10.1 Å². The third kappa shape index (κ3) is 2.21. The Balaban J connectivity index is 1.46. The van der Waals surface area contributed by atoms with Crippen LogP contribution in [0.2, 0.25) is 0 Å². The van der Waals surface area contributed by atoms with Gasteiger partial charge in [0.05, 0.1) is 6.61 Å². The molecule has 0 radical (unpaired) electrons. The number of benzene rings is 1. The van der Waals surface area contributed by atoms with Gasteiger partial charge in [0, 0.05) is 17.8 Å². The van der Waals surface area contributed by atoms with E-state index in [1.807, 2.05) is 13.0 Å². The van der Waals surface area contributed by atoms with Gasteiger partial charge in [0.15, 0.2) is 11.6 Å². The molecule has 3 saturated carbocycles. The molecule has 21 heavy (non-hydrogen) atoms. The lowest BCUT2D eigenvalue weighted by atomic mass is 9.79. The Hall–Kier alpha value is -1.25. The second-order valence-electron chi connectivity index (χ2n) is 6.98. The van der Waals surface area contributed by atoms with Crippen LogP contribution in [0.1, 0.15) is 39.0 Å². The third-order valence-electron chi connectivity index (χ3n) is 6.01. The van der Waals surface area contributed by atoms with Crippen molar-refractivity contribution >= 4 is 5.69 Å². The molecule has 0 aromatic heterocycles. The SMILES string of the molecule is CCOc1ccc(NC2CC3CC2C2CCCC32)cc1F. The van der Waals surface area contributed by atoms with Gasteiger partial charge in [-0.2, -0.15) is 0 Å². The Kier molecular flexibility index (Phi) is 3.31. The lowest BCUT2D eigenvalue weighted by Crippen LogP contribution is -2.33. The van der Waals surface area contributed by atoms with Crippen molar-refractivity contribution in [1.82, 2.24) is 0 Å². The van der Waals surface area contributed by atoms with Crippen molar-refractivity contribution in [3.05, 3.63) is 24.0 Å². The fraction of sp³-hybridized carbons (Fsp3) is 0.667. The van der Waals surface area contributed by atoms with E-state index < -0.39 is 0 Å². The molecule has 1 N–H and O–H groups in total. The lowest BCUT2D eigenvalue weighted by molar-refractivity contribution is 0.243. The average Bonchev–Trinajstić information content (AvgIpc) is 3.13. The van der Waals surface area contributed by atoms with E-state index in [-0.39, 0.29) is 5.82 Å². The number of nitrogens with one attached hydrogen (secondary N) is 1. The maximum absolute atomic E-state index is 13.9. The molecule has 2 nitrogen and oxygen atoms in total. The van der Waals surface area contributed by atoms with Crippen molar-refractivity contribution in [1.29, 1.82) is 0 Å². The molecule has 1 aromatic rings. The second-order valence-corrected chi connectivity index (χ2v) is 6.98. The molecule has 3 fully saturated rings. The minimum Gasteiger partial charge on any atom is -0.491 e. The van der Waals surface area contributed by atoms with Gasteiger partial charge in [-0.15, -0.1) is 0 Å². The summed E-state index contributed by atoms with van der Waals surface area (Å²) in [7, 11) is 0. The van der Waals surface area contributed by atoms with E-state index in [1.54, 1.807) is 12.1 Å². The van der Waals surface area contributed by atoms with Crippen molar-refractivity contribution < 1.29 is 9.13 Å². The monoisotopic (exact) mass is 289 g/mol. The smallest absolute Gasteiger partial charge is 0.167 e. The second kappa shape index (κ2) is 5.19. The summed E-state index contributed by atoms with van der Waals surface area (Å²) in [5, 5.41) is 3.60. The summed E-state index contributed by atoms with van der Waals surface area (Å²) < 4.78 is 19.2. The number of anilines is 1. The highest BCUT2D eigenvalue weighted by molar-refractivity contribution is 5.48. The van der Waals surface area contributed by atoms with E-state index in [9.17, 15) is 4.39 Å². The van der Waals surface area contributed by atoms with Gasteiger partial charge in [-0.1, -0.05) is 6.42 Å². The van der Waals surface area contributed by atoms with Crippen LogP contribution in [0.25, 0.3) is 0 Å². The van der Waals surface area contributed by atoms with E-state index in [1.165, 1.54) is 32.1 Å². The van der Waals surface area contributed by atoms with Gasteiger partial charge in [-0.3, -0.25) is 0 Å². The van der Waals surface area contributed by atoms with Gasteiger partial charge in [0.25, 0.3) is 0 Å². The van der Waals surface area contributed by atoms with Crippen LogP contribution in [0, 0.1) is 29.5 Å². The first kappa shape index (κ1) is 13.4. The maximum atomic E-state index is 13.9. The summed E-state index contributed by atoms with van der Waals surface area (Å²) in [4.78, 5) is 0. The molecule has 4 rings (SSSR count). The normalized spacial score (nSPS) is 36.8. The zero-order chi connectivity index (χ0) is 14.4. The van der Waals surface area contributed by atoms with E-state index in [0.29, 0.717) is 18.4 Å². The van der Waals surface area contributed by atoms with Gasteiger partial charge >= 0.3 is 0 Å². The molecule has 5 unspecified atom stereocenters. The molecule has 0 amide bonds. The van der Waals surface area contributed by atoms with E-state index in [0.717, 1.165) is 29.4 Å². The molecule has 2 bridgehead atoms. The minimum absolute atomic E-state index is 0.260. The molecule has 114 valence electrons. The van der Waals surface area contributed by atoms with E-state index in [4.69, 9.17) is 4.74 Å². The molecule has 5 atom stereocenters. The van der Waals surface area contributed by atoms with Crippen LogP contribution < -0.4 is 10.1 Å². The van der Waals surface area contributed by atoms with Crippen LogP contribution in [0.5, 0.6) is 5.75 Å². The van der Waals surface area contributed by atoms with Crippen LogP contribution in [-0.4, -0.2) is 12.6 Å². The van der Waals surface area contributed by atoms with Crippen LogP contribution in [0.4, 0.5) is 10.1 Å². The van der Waals surface area contributed by atoms with Crippen LogP contribution >= 0.6 is 0 Å². The molecular weight excluding hydrogens is 265 g/mol. The highest BCUT2D eigenvalue weighted by atomic mass is 19.1. The number of ether oxygens (including phenoxy) is 1. The van der Waals surface area contributed by atoms with Crippen LogP contribution in [0.15, 0.2) is 18.2 Å². The summed E-state index contributed by atoms with van der Waals surface area (Å²) in [6.45, 7) is 2.37. The Labute approximate surface area is 126 Å². The first-order chi connectivity index (χ1) is 10.3. The van der Waals surface area contributed by atoms with Crippen molar-refractivity contribution in [3.8, 4) is 5.75 Å². The van der Waals surface area contributed by atoms with Gasteiger partial charge in [-0.05, 0) is 68.4 Å². The van der Waals surface area contributed by atoms with Crippen LogP contribution in [-0.2, 0) is 0 Å². The molecule has 0 spiro atoms. The minimum atomic E-state index is -0.260. The first-order valence-electron chi connectivity index (χ1n) is 8.45. The fourth-order valence-electron chi connectivity index (χ4n) is 5.31. The lowest BCUT2D eigenvalue weighted by Gasteiger charge is -2.32. The fourth-order valence-corrected chi connectivity index (χ4v) is 5.31. The predicted molar refractivity (Wildman–Crippen MR) is 82.0 cm³/mol. The Morgan fingerprint density at radius 2 is 2.05 bits per heavy atom. The average molecular weight is 289 g/mol. The number of rotatable bonds is 4. The summed E-state index contributed by atoms with van der Waals surface area (Å²) in [5.41, 5.74) is 0.906. The van der Waals surface area contributed by atoms with E-state index >= 15 is 0 Å². The summed E-state index contributed by atoms with van der Waals surface area (Å²) >= 11 is 0. The zero-order valence-corrected chi connectivity index (χ0v) is 12.6. The quantitative estimate of drug-likeness (QED) is 0.883. The van der Waals surface area contributed by atoms with Gasteiger partial charge in [0.2, 0.25) is 0 Å². The van der Waals surface area contributed by atoms with Crippen molar-refractivity contribution in [3.63, 3.8) is 0 Å². The van der Waals surface area contributed by atoms with Gasteiger partial charge in [-0.25, -0.2) is 4.39 Å². The molecule has 3 aliphatic rings. The zero-order valence-electron chi connectivity index (χ0n) is 12.6. The predicted octanol–water partition coefficient (Wildman–Crippen LogP) is 4.46. The molecule has 1 aromatic carbocycles. The molecule has 0 saturated heterocycles. The van der Waals surface area contributed by atoms with E-state index in [2.05, 4.69) is 5.32 Å². The van der Waals surface area contributed by atoms with Crippen molar-refractivity contribution in [2.75, 3.05) is 11.9 Å². The summed E-state index contributed by atoms with van der Waals surface area (Å²) in [6, 6.07) is 5.83. The first-order valence-corrected chi connectivity index (χ1v) is 8.45. The number of hydrogen-bond donors (Lipinski definition) is 1. The molecule has 0 aliphatic heterocycles.